The lowest BCUT2D eigenvalue weighted by Crippen LogP contribution is -2.45. The summed E-state index contributed by atoms with van der Waals surface area (Å²) in [5, 5.41) is 11.6. The molecule has 1 saturated heterocycles. The third kappa shape index (κ3) is 3.70. The Morgan fingerprint density at radius 1 is 1.65 bits per heavy atom. The first-order valence-corrected chi connectivity index (χ1v) is 6.48. The molecule has 1 amide bonds. The van der Waals surface area contributed by atoms with Gasteiger partial charge in [-0.25, -0.2) is 0 Å². The highest BCUT2D eigenvalue weighted by Gasteiger charge is 2.21. The van der Waals surface area contributed by atoms with Crippen molar-refractivity contribution in [2.75, 3.05) is 37.3 Å². The highest BCUT2D eigenvalue weighted by atomic mass is 16.5. The number of benzene rings is 1. The molecule has 2 rings (SSSR count). The van der Waals surface area contributed by atoms with E-state index in [1.807, 2.05) is 24.0 Å². The lowest BCUT2D eigenvalue weighted by molar-refractivity contribution is -0.118. The topological polar surface area (TPSA) is 91.4 Å². The molecule has 0 bridgehead atoms. The lowest BCUT2D eigenvalue weighted by Gasteiger charge is -2.28. The van der Waals surface area contributed by atoms with E-state index in [2.05, 4.69) is 11.4 Å². The maximum absolute atomic E-state index is 12.0. The normalized spacial score (nSPS) is 19.3. The number of nitrogens with zero attached hydrogens (tertiary/aromatic N) is 2. The first-order chi connectivity index (χ1) is 9.58. The van der Waals surface area contributed by atoms with Crippen LogP contribution in [0.2, 0.25) is 0 Å². The van der Waals surface area contributed by atoms with E-state index in [-0.39, 0.29) is 12.5 Å². The molecule has 0 radical (unpaired) electrons. The summed E-state index contributed by atoms with van der Waals surface area (Å²) >= 11 is 0. The molecule has 20 heavy (non-hydrogen) atoms. The van der Waals surface area contributed by atoms with Gasteiger partial charge in [0.2, 0.25) is 5.91 Å². The second kappa shape index (κ2) is 6.37. The SMILES string of the molecule is Cc1ccc(NC(=O)CN2CCOC(C#N)C2)cc1N. The van der Waals surface area contributed by atoms with Crippen LogP contribution in [0.4, 0.5) is 11.4 Å². The van der Waals surface area contributed by atoms with Crippen LogP contribution in [-0.2, 0) is 9.53 Å². The second-order valence-electron chi connectivity index (χ2n) is 4.84. The minimum atomic E-state index is -0.452. The minimum absolute atomic E-state index is 0.119. The third-order valence-electron chi connectivity index (χ3n) is 3.22. The summed E-state index contributed by atoms with van der Waals surface area (Å²) in [5.41, 5.74) is 8.12. The molecule has 1 aromatic carbocycles. The number of anilines is 2. The lowest BCUT2D eigenvalue weighted by atomic mass is 10.2. The predicted molar refractivity (Wildman–Crippen MR) is 76.0 cm³/mol. The number of aryl methyl sites for hydroxylation is 1. The number of hydrogen-bond acceptors (Lipinski definition) is 5. The van der Waals surface area contributed by atoms with Crippen molar-refractivity contribution in [2.45, 2.75) is 13.0 Å². The van der Waals surface area contributed by atoms with Crippen molar-refractivity contribution in [3.05, 3.63) is 23.8 Å². The Labute approximate surface area is 118 Å². The van der Waals surface area contributed by atoms with Crippen LogP contribution >= 0.6 is 0 Å². The van der Waals surface area contributed by atoms with Crippen LogP contribution in [0.1, 0.15) is 5.56 Å². The summed E-state index contributed by atoms with van der Waals surface area (Å²) in [5.74, 6) is -0.119. The summed E-state index contributed by atoms with van der Waals surface area (Å²) < 4.78 is 5.24. The van der Waals surface area contributed by atoms with Crippen molar-refractivity contribution in [3.63, 3.8) is 0 Å². The molecule has 1 aliphatic rings. The Morgan fingerprint density at radius 2 is 2.45 bits per heavy atom. The second-order valence-corrected chi connectivity index (χ2v) is 4.84. The van der Waals surface area contributed by atoms with Crippen LogP contribution in [0.5, 0.6) is 0 Å². The number of hydrogen-bond donors (Lipinski definition) is 2. The molecule has 1 heterocycles. The number of carbonyl (C=O) groups excluding carboxylic acids is 1. The van der Waals surface area contributed by atoms with Crippen LogP contribution in [0.3, 0.4) is 0 Å². The average molecular weight is 274 g/mol. The van der Waals surface area contributed by atoms with Crippen LogP contribution in [0.15, 0.2) is 18.2 Å². The summed E-state index contributed by atoms with van der Waals surface area (Å²) in [6, 6.07) is 7.49. The zero-order chi connectivity index (χ0) is 14.5. The molecule has 1 fully saturated rings. The number of ether oxygens (including phenoxy) is 1. The van der Waals surface area contributed by atoms with Crippen LogP contribution < -0.4 is 11.1 Å². The summed E-state index contributed by atoms with van der Waals surface area (Å²) in [6.07, 6.45) is -0.452. The van der Waals surface area contributed by atoms with Crippen LogP contribution in [-0.4, -0.2) is 43.2 Å². The fourth-order valence-electron chi connectivity index (χ4n) is 2.05. The standard InChI is InChI=1S/C14H18N4O2/c1-10-2-3-11(6-13(10)16)17-14(19)9-18-4-5-20-12(7-15)8-18/h2-3,6,12H,4-5,8-9,16H2,1H3,(H,17,19). The van der Waals surface area contributed by atoms with E-state index < -0.39 is 6.10 Å². The number of morpholine rings is 1. The van der Waals surface area contributed by atoms with Gasteiger partial charge >= 0.3 is 0 Å². The molecule has 1 aromatic rings. The Bertz CT molecular complexity index is 538. The fourth-order valence-corrected chi connectivity index (χ4v) is 2.05. The Balaban J connectivity index is 1.89. The maximum atomic E-state index is 12.0. The highest BCUT2D eigenvalue weighted by Crippen LogP contribution is 2.16. The minimum Gasteiger partial charge on any atom is -0.398 e. The monoisotopic (exact) mass is 274 g/mol. The molecule has 1 aliphatic heterocycles. The predicted octanol–water partition coefficient (Wildman–Crippen LogP) is 0.740. The van der Waals surface area contributed by atoms with E-state index in [4.69, 9.17) is 15.7 Å². The number of carbonyl (C=O) groups is 1. The molecule has 0 aromatic heterocycles. The largest absolute Gasteiger partial charge is 0.398 e. The van der Waals surface area contributed by atoms with Crippen molar-refractivity contribution in [3.8, 4) is 6.07 Å². The number of nitrogen functional groups attached to an aromatic ring is 1. The fraction of sp³-hybridized carbons (Fsp3) is 0.429. The van der Waals surface area contributed by atoms with Crippen molar-refractivity contribution in [1.29, 1.82) is 5.26 Å². The molecular weight excluding hydrogens is 256 g/mol. The van der Waals surface area contributed by atoms with Gasteiger partial charge in [0.05, 0.1) is 19.2 Å². The first kappa shape index (κ1) is 14.3. The zero-order valence-electron chi connectivity index (χ0n) is 11.4. The van der Waals surface area contributed by atoms with Gasteiger partial charge in [-0.3, -0.25) is 9.69 Å². The average Bonchev–Trinajstić information content (AvgIpc) is 2.43. The Kier molecular flexibility index (Phi) is 4.56. The van der Waals surface area contributed by atoms with Gasteiger partial charge in [0.25, 0.3) is 0 Å². The molecule has 1 unspecified atom stereocenters. The molecule has 0 aliphatic carbocycles. The van der Waals surface area contributed by atoms with Crippen LogP contribution in [0.25, 0.3) is 0 Å². The number of amides is 1. The van der Waals surface area contributed by atoms with E-state index in [1.165, 1.54) is 0 Å². The van der Waals surface area contributed by atoms with Gasteiger partial charge in [-0.2, -0.15) is 5.26 Å². The molecule has 0 saturated carbocycles. The van der Waals surface area contributed by atoms with E-state index >= 15 is 0 Å². The van der Waals surface area contributed by atoms with E-state index in [0.717, 1.165) is 5.56 Å². The molecule has 3 N–H and O–H groups in total. The Morgan fingerprint density at radius 3 is 3.15 bits per heavy atom. The van der Waals surface area contributed by atoms with E-state index in [9.17, 15) is 4.79 Å². The molecule has 6 nitrogen and oxygen atoms in total. The van der Waals surface area contributed by atoms with Gasteiger partial charge in [0.1, 0.15) is 0 Å². The zero-order valence-corrected chi connectivity index (χ0v) is 11.4. The van der Waals surface area contributed by atoms with Gasteiger partial charge in [-0.05, 0) is 24.6 Å². The van der Waals surface area contributed by atoms with Gasteiger partial charge in [-0.15, -0.1) is 0 Å². The summed E-state index contributed by atoms with van der Waals surface area (Å²) in [7, 11) is 0. The third-order valence-corrected chi connectivity index (χ3v) is 3.22. The van der Waals surface area contributed by atoms with Gasteiger partial charge in [0, 0.05) is 24.5 Å². The number of nitrogens with two attached hydrogens (primary N) is 1. The molecular formula is C14H18N4O2. The number of rotatable bonds is 3. The summed E-state index contributed by atoms with van der Waals surface area (Å²) in [6.45, 7) is 3.75. The highest BCUT2D eigenvalue weighted by molar-refractivity contribution is 5.92. The number of nitrogens with one attached hydrogen (secondary N) is 1. The van der Waals surface area contributed by atoms with E-state index in [0.29, 0.717) is 31.1 Å². The van der Waals surface area contributed by atoms with Gasteiger partial charge in [0.15, 0.2) is 6.10 Å². The Hall–Kier alpha value is -2.10. The molecule has 0 spiro atoms. The van der Waals surface area contributed by atoms with E-state index in [1.54, 1.807) is 6.07 Å². The maximum Gasteiger partial charge on any atom is 0.238 e. The molecule has 1 atom stereocenters. The quantitative estimate of drug-likeness (QED) is 0.793. The first-order valence-electron chi connectivity index (χ1n) is 6.48. The van der Waals surface area contributed by atoms with Crippen molar-refractivity contribution >= 4 is 17.3 Å². The number of nitriles is 1. The van der Waals surface area contributed by atoms with Crippen molar-refractivity contribution < 1.29 is 9.53 Å². The van der Waals surface area contributed by atoms with Gasteiger partial charge < -0.3 is 15.8 Å². The summed E-state index contributed by atoms with van der Waals surface area (Å²) in [4.78, 5) is 13.9. The van der Waals surface area contributed by atoms with Crippen molar-refractivity contribution in [1.82, 2.24) is 4.90 Å². The van der Waals surface area contributed by atoms with Crippen molar-refractivity contribution in [2.24, 2.45) is 0 Å². The molecule has 106 valence electrons. The van der Waals surface area contributed by atoms with Gasteiger partial charge in [-0.1, -0.05) is 6.07 Å². The smallest absolute Gasteiger partial charge is 0.238 e. The molecule has 6 heteroatoms. The van der Waals surface area contributed by atoms with Crippen LogP contribution in [0, 0.1) is 18.3 Å².